The van der Waals surface area contributed by atoms with Gasteiger partial charge in [0.25, 0.3) is 0 Å². The number of nitrogens with zero attached hydrogens (tertiary/aromatic N) is 3. The fraction of sp³-hybridized carbons (Fsp3) is 0.357. The molecule has 3 aromatic rings. The maximum absolute atomic E-state index is 13.9. The quantitative estimate of drug-likeness (QED) is 0.307. The van der Waals surface area contributed by atoms with Crippen molar-refractivity contribution in [3.05, 3.63) is 70.6 Å². The van der Waals surface area contributed by atoms with Gasteiger partial charge in [-0.2, -0.15) is 0 Å². The van der Waals surface area contributed by atoms with Gasteiger partial charge >= 0.3 is 12.1 Å². The Morgan fingerprint density at radius 2 is 1.90 bits per heavy atom. The van der Waals surface area contributed by atoms with Crippen molar-refractivity contribution < 1.29 is 23.9 Å². The number of carboxylic acid groups (broad SMARTS) is 1. The summed E-state index contributed by atoms with van der Waals surface area (Å²) in [7, 11) is 1.66. The van der Waals surface area contributed by atoms with Gasteiger partial charge in [-0.05, 0) is 41.5 Å². The van der Waals surface area contributed by atoms with E-state index in [-0.39, 0.29) is 35.8 Å². The molecule has 12 heteroatoms. The first-order valence-electron chi connectivity index (χ1n) is 13.0. The Bertz CT molecular complexity index is 1380. The van der Waals surface area contributed by atoms with Crippen molar-refractivity contribution in [2.45, 2.75) is 31.8 Å². The van der Waals surface area contributed by atoms with E-state index in [0.717, 1.165) is 29.4 Å². The van der Waals surface area contributed by atoms with E-state index in [9.17, 15) is 18.8 Å². The number of urea groups is 1. The molecule has 1 fully saturated rings. The molecular formula is C28H32ClFN6O4. The maximum atomic E-state index is 13.9. The highest BCUT2D eigenvalue weighted by molar-refractivity contribution is 6.31. The van der Waals surface area contributed by atoms with E-state index in [1.54, 1.807) is 30.3 Å². The Balaban J connectivity index is 1.54. The number of amides is 4. The number of carbonyl (C=O) groups is 3. The monoisotopic (exact) mass is 570 g/mol. The summed E-state index contributed by atoms with van der Waals surface area (Å²) in [6.45, 7) is 2.82. The molecule has 40 heavy (non-hydrogen) atoms. The molecule has 1 unspecified atom stereocenters. The molecule has 0 aliphatic carbocycles. The SMILES string of the molecule is CN(C(=O)NCc1cccc(F)c1Cl)C(CCC(=O)N1CCNCC1)Cc1cccc2cnc(NC(=O)O)cc12. The zero-order valence-corrected chi connectivity index (χ0v) is 22.9. The van der Waals surface area contributed by atoms with Crippen LogP contribution < -0.4 is 16.0 Å². The van der Waals surface area contributed by atoms with Gasteiger partial charge in [-0.3, -0.25) is 10.1 Å². The lowest BCUT2D eigenvalue weighted by Gasteiger charge is -2.31. The number of nitrogens with one attached hydrogen (secondary N) is 3. The minimum absolute atomic E-state index is 0.0296. The molecule has 2 aromatic carbocycles. The number of rotatable bonds is 9. The summed E-state index contributed by atoms with van der Waals surface area (Å²) in [4.78, 5) is 44.8. The second-order valence-electron chi connectivity index (χ2n) is 9.65. The molecule has 0 saturated carbocycles. The van der Waals surface area contributed by atoms with Gasteiger partial charge in [0, 0.05) is 63.8 Å². The van der Waals surface area contributed by atoms with Crippen LogP contribution in [0.25, 0.3) is 10.8 Å². The summed E-state index contributed by atoms with van der Waals surface area (Å²) in [5.41, 5.74) is 1.33. The van der Waals surface area contributed by atoms with E-state index >= 15 is 0 Å². The number of hydrogen-bond donors (Lipinski definition) is 4. The number of anilines is 1. The largest absolute Gasteiger partial charge is 0.465 e. The van der Waals surface area contributed by atoms with Crippen LogP contribution in [0.4, 0.5) is 19.8 Å². The van der Waals surface area contributed by atoms with Gasteiger partial charge in [-0.25, -0.2) is 19.0 Å². The first-order chi connectivity index (χ1) is 19.2. The number of aromatic nitrogens is 1. The number of fused-ring (bicyclic) bond motifs is 1. The number of carbonyl (C=O) groups excluding carboxylic acids is 2. The van der Waals surface area contributed by atoms with Crippen LogP contribution in [0.1, 0.15) is 24.0 Å². The second kappa shape index (κ2) is 13.4. The number of hydrogen-bond acceptors (Lipinski definition) is 5. The van der Waals surface area contributed by atoms with Crippen LogP contribution in [0.15, 0.2) is 48.7 Å². The second-order valence-corrected chi connectivity index (χ2v) is 10.0. The average Bonchev–Trinajstić information content (AvgIpc) is 2.95. The lowest BCUT2D eigenvalue weighted by atomic mass is 9.96. The van der Waals surface area contributed by atoms with E-state index in [1.807, 2.05) is 23.1 Å². The Morgan fingerprint density at radius 3 is 2.65 bits per heavy atom. The average molecular weight is 571 g/mol. The number of piperazine rings is 1. The van der Waals surface area contributed by atoms with Crippen LogP contribution in [-0.2, 0) is 17.8 Å². The molecule has 0 bridgehead atoms. The highest BCUT2D eigenvalue weighted by Gasteiger charge is 2.24. The summed E-state index contributed by atoms with van der Waals surface area (Å²) in [6.07, 6.45) is 1.45. The van der Waals surface area contributed by atoms with Gasteiger partial charge in [0.05, 0.1) is 5.02 Å². The van der Waals surface area contributed by atoms with E-state index in [2.05, 4.69) is 20.9 Å². The molecule has 0 radical (unpaired) electrons. The number of halogens is 2. The molecule has 4 amide bonds. The van der Waals surface area contributed by atoms with E-state index in [4.69, 9.17) is 16.7 Å². The normalized spacial score (nSPS) is 14.0. The number of likely N-dealkylation sites (N-methyl/N-ethyl adjacent to an activating group) is 1. The lowest BCUT2D eigenvalue weighted by Crippen LogP contribution is -2.47. The fourth-order valence-electron chi connectivity index (χ4n) is 4.79. The molecule has 212 valence electrons. The summed E-state index contributed by atoms with van der Waals surface area (Å²) >= 11 is 6.05. The third kappa shape index (κ3) is 7.36. The Hall–Kier alpha value is -3.96. The first-order valence-corrected chi connectivity index (χ1v) is 13.4. The molecular weight excluding hydrogens is 539 g/mol. The molecule has 4 N–H and O–H groups in total. The fourth-order valence-corrected chi connectivity index (χ4v) is 4.98. The van der Waals surface area contributed by atoms with E-state index in [0.29, 0.717) is 31.5 Å². The van der Waals surface area contributed by atoms with Crippen LogP contribution >= 0.6 is 11.6 Å². The van der Waals surface area contributed by atoms with Crippen molar-refractivity contribution in [1.82, 2.24) is 25.4 Å². The lowest BCUT2D eigenvalue weighted by molar-refractivity contribution is -0.132. The maximum Gasteiger partial charge on any atom is 0.410 e. The topological polar surface area (TPSA) is 127 Å². The third-order valence-electron chi connectivity index (χ3n) is 7.04. The van der Waals surface area contributed by atoms with Gasteiger partial charge in [0.2, 0.25) is 5.91 Å². The van der Waals surface area contributed by atoms with Gasteiger partial charge in [0.1, 0.15) is 11.6 Å². The summed E-state index contributed by atoms with van der Waals surface area (Å²) in [5.74, 6) is -0.342. The van der Waals surface area contributed by atoms with Gasteiger partial charge in [0.15, 0.2) is 0 Å². The smallest absolute Gasteiger partial charge is 0.410 e. The molecule has 1 aliphatic heterocycles. The number of pyridine rings is 1. The minimum Gasteiger partial charge on any atom is -0.465 e. The predicted octanol–water partition coefficient (Wildman–Crippen LogP) is 4.08. The minimum atomic E-state index is -1.22. The molecule has 10 nitrogen and oxygen atoms in total. The zero-order valence-electron chi connectivity index (χ0n) is 22.1. The standard InChI is InChI=1S/C28H32ClFN6O4/c1-35(27(38)33-17-20-6-3-7-23(30)26(20)29)21(8-9-25(37)36-12-10-31-11-13-36)14-18-4-2-5-19-16-32-24(15-22(18)19)34-28(39)40/h2-7,15-16,21,31H,8-14,17H2,1H3,(H,32,34)(H,33,38)(H,39,40). The van der Waals surface area contributed by atoms with E-state index in [1.165, 1.54) is 12.1 Å². The van der Waals surface area contributed by atoms with Crippen molar-refractivity contribution in [3.63, 3.8) is 0 Å². The van der Waals surface area contributed by atoms with Crippen LogP contribution in [-0.4, -0.2) is 77.2 Å². The van der Waals surface area contributed by atoms with Crippen molar-refractivity contribution in [1.29, 1.82) is 0 Å². The van der Waals surface area contributed by atoms with Crippen LogP contribution in [0.2, 0.25) is 5.02 Å². The molecule has 1 saturated heterocycles. The summed E-state index contributed by atoms with van der Waals surface area (Å²) in [6, 6.07) is 11.0. The van der Waals surface area contributed by atoms with Crippen LogP contribution in [0.5, 0.6) is 0 Å². The van der Waals surface area contributed by atoms with Crippen LogP contribution in [0.3, 0.4) is 0 Å². The van der Waals surface area contributed by atoms with Gasteiger partial charge in [-0.1, -0.05) is 41.9 Å². The molecule has 1 aliphatic rings. The third-order valence-corrected chi connectivity index (χ3v) is 7.46. The predicted molar refractivity (Wildman–Crippen MR) is 151 cm³/mol. The Kier molecular flexibility index (Phi) is 9.73. The molecule has 1 aromatic heterocycles. The summed E-state index contributed by atoms with van der Waals surface area (Å²) in [5, 5.41) is 19.0. The van der Waals surface area contributed by atoms with Crippen molar-refractivity contribution >= 4 is 46.2 Å². The number of benzene rings is 2. The Labute approximate surface area is 236 Å². The zero-order chi connectivity index (χ0) is 28.6. The highest BCUT2D eigenvalue weighted by atomic mass is 35.5. The summed E-state index contributed by atoms with van der Waals surface area (Å²) < 4.78 is 13.9. The van der Waals surface area contributed by atoms with E-state index < -0.39 is 17.9 Å². The molecule has 4 rings (SSSR count). The van der Waals surface area contributed by atoms with Crippen molar-refractivity contribution in [2.24, 2.45) is 0 Å². The molecule has 0 spiro atoms. The Morgan fingerprint density at radius 1 is 1.18 bits per heavy atom. The van der Waals surface area contributed by atoms with Gasteiger partial charge in [-0.15, -0.1) is 0 Å². The highest BCUT2D eigenvalue weighted by Crippen LogP contribution is 2.25. The van der Waals surface area contributed by atoms with Crippen LogP contribution in [0, 0.1) is 5.82 Å². The molecule has 2 heterocycles. The van der Waals surface area contributed by atoms with Crippen molar-refractivity contribution in [3.8, 4) is 0 Å². The first kappa shape index (κ1) is 29.0. The van der Waals surface area contributed by atoms with Gasteiger partial charge < -0.3 is 25.5 Å². The van der Waals surface area contributed by atoms with Crippen molar-refractivity contribution in [2.75, 3.05) is 38.5 Å². The molecule has 1 atom stereocenters.